The summed E-state index contributed by atoms with van der Waals surface area (Å²) in [4.78, 5) is 4.37. The molecule has 0 aliphatic rings. The monoisotopic (exact) mass is 378 g/mol. The number of pyridine rings is 1. The number of aryl methyl sites for hydroxylation is 1. The van der Waals surface area contributed by atoms with Crippen LogP contribution >= 0.6 is 0 Å². The van der Waals surface area contributed by atoms with E-state index in [1.807, 2.05) is 30.5 Å². The van der Waals surface area contributed by atoms with Crippen LogP contribution in [0.15, 0.2) is 60.8 Å². The van der Waals surface area contributed by atoms with Gasteiger partial charge in [0.1, 0.15) is 23.8 Å². The zero-order valence-corrected chi connectivity index (χ0v) is 15.7. The molecule has 2 aromatic carbocycles. The molecule has 0 fully saturated rings. The zero-order chi connectivity index (χ0) is 19.7. The summed E-state index contributed by atoms with van der Waals surface area (Å²) in [6.45, 7) is 4.46. The number of nitrogens with zero attached hydrogens (tertiary/aromatic N) is 2. The molecule has 2 heterocycles. The van der Waals surface area contributed by atoms with Crippen molar-refractivity contribution in [2.24, 2.45) is 0 Å². The Morgan fingerprint density at radius 2 is 1.54 bits per heavy atom. The van der Waals surface area contributed by atoms with Crippen LogP contribution in [0, 0.1) is 25.5 Å². The van der Waals surface area contributed by atoms with E-state index < -0.39 is 0 Å². The molecule has 0 saturated carbocycles. The van der Waals surface area contributed by atoms with E-state index >= 15 is 0 Å². The Morgan fingerprint density at radius 3 is 2.21 bits per heavy atom. The summed E-state index contributed by atoms with van der Waals surface area (Å²) in [7, 11) is 0. The number of halogens is 2. The van der Waals surface area contributed by atoms with Crippen molar-refractivity contribution in [2.45, 2.75) is 27.0 Å². The Morgan fingerprint density at radius 1 is 0.893 bits per heavy atom. The molecule has 0 saturated heterocycles. The lowest BCUT2D eigenvalue weighted by molar-refractivity contribution is 0.290. The van der Waals surface area contributed by atoms with Gasteiger partial charge in [0, 0.05) is 28.4 Å². The molecule has 0 spiro atoms. The number of aromatic nitrogens is 2. The maximum Gasteiger partial charge on any atom is 0.238 e. The topological polar surface area (TPSA) is 27.1 Å². The quantitative estimate of drug-likeness (QED) is 0.455. The minimum absolute atomic E-state index is 0.0712. The third-order valence-corrected chi connectivity index (χ3v) is 5.12. The first-order valence-corrected chi connectivity index (χ1v) is 9.10. The number of ether oxygens (including phenoxy) is 1. The minimum Gasteiger partial charge on any atom is -0.471 e. The fourth-order valence-corrected chi connectivity index (χ4v) is 3.43. The second-order valence-electron chi connectivity index (χ2n) is 6.78. The lowest BCUT2D eigenvalue weighted by atomic mass is 10.2. The second kappa shape index (κ2) is 7.43. The van der Waals surface area contributed by atoms with Crippen molar-refractivity contribution in [3.05, 3.63) is 94.8 Å². The largest absolute Gasteiger partial charge is 0.471 e. The fourth-order valence-electron chi connectivity index (χ4n) is 3.43. The Hall–Kier alpha value is -3.21. The van der Waals surface area contributed by atoms with Gasteiger partial charge in [0.15, 0.2) is 0 Å². The average molecular weight is 378 g/mol. The van der Waals surface area contributed by atoms with E-state index in [1.54, 1.807) is 36.5 Å². The highest BCUT2D eigenvalue weighted by Crippen LogP contribution is 2.32. The Labute approximate surface area is 162 Å². The molecule has 0 radical (unpaired) electrons. The number of hydrogen-bond donors (Lipinski definition) is 0. The molecule has 0 unspecified atom stereocenters. The molecule has 5 heteroatoms. The normalized spacial score (nSPS) is 11.1. The second-order valence-corrected chi connectivity index (χ2v) is 6.78. The van der Waals surface area contributed by atoms with Crippen LogP contribution in [0.4, 0.5) is 8.78 Å². The van der Waals surface area contributed by atoms with Crippen LogP contribution in [0.5, 0.6) is 5.88 Å². The van der Waals surface area contributed by atoms with E-state index in [2.05, 4.69) is 4.98 Å². The van der Waals surface area contributed by atoms with E-state index in [-0.39, 0.29) is 18.2 Å². The number of rotatable bonds is 5. The summed E-state index contributed by atoms with van der Waals surface area (Å²) >= 11 is 0. The maximum absolute atomic E-state index is 14.2. The maximum atomic E-state index is 14.2. The lowest BCUT2D eigenvalue weighted by Crippen LogP contribution is -2.06. The van der Waals surface area contributed by atoms with Gasteiger partial charge in [-0.1, -0.05) is 36.4 Å². The summed E-state index contributed by atoms with van der Waals surface area (Å²) in [5, 5.41) is 0.993. The third kappa shape index (κ3) is 3.24. The van der Waals surface area contributed by atoms with Gasteiger partial charge in [-0.3, -0.25) is 0 Å². The van der Waals surface area contributed by atoms with Gasteiger partial charge in [-0.05, 0) is 37.6 Å². The van der Waals surface area contributed by atoms with Gasteiger partial charge in [0.2, 0.25) is 5.88 Å². The van der Waals surface area contributed by atoms with Gasteiger partial charge < -0.3 is 9.30 Å². The van der Waals surface area contributed by atoms with Gasteiger partial charge >= 0.3 is 0 Å². The molecule has 0 N–H and O–H groups in total. The Kier molecular flexibility index (Phi) is 4.82. The smallest absolute Gasteiger partial charge is 0.238 e. The van der Waals surface area contributed by atoms with Crippen molar-refractivity contribution in [1.29, 1.82) is 0 Å². The summed E-state index contributed by atoms with van der Waals surface area (Å²) in [5.41, 5.74) is 3.94. The first-order chi connectivity index (χ1) is 13.6. The first kappa shape index (κ1) is 18.2. The van der Waals surface area contributed by atoms with Crippen molar-refractivity contribution >= 4 is 10.9 Å². The predicted molar refractivity (Wildman–Crippen MR) is 105 cm³/mol. The van der Waals surface area contributed by atoms with Crippen LogP contribution in [0.1, 0.15) is 22.4 Å². The van der Waals surface area contributed by atoms with Crippen molar-refractivity contribution in [1.82, 2.24) is 9.55 Å². The van der Waals surface area contributed by atoms with Crippen LogP contribution in [-0.2, 0) is 13.2 Å². The highest BCUT2D eigenvalue weighted by atomic mass is 19.1. The molecule has 2 aromatic heterocycles. The molecule has 0 amide bonds. The Bertz CT molecular complexity index is 1150. The van der Waals surface area contributed by atoms with E-state index in [1.165, 1.54) is 12.1 Å². The molecular formula is C23H20F2N2O. The van der Waals surface area contributed by atoms with Crippen LogP contribution in [-0.4, -0.2) is 9.55 Å². The average Bonchev–Trinajstić information content (AvgIpc) is 2.94. The molecular weight excluding hydrogens is 358 g/mol. The predicted octanol–water partition coefficient (Wildman–Crippen LogP) is 5.56. The van der Waals surface area contributed by atoms with Crippen LogP contribution in [0.25, 0.3) is 10.9 Å². The van der Waals surface area contributed by atoms with Gasteiger partial charge in [-0.15, -0.1) is 0 Å². The van der Waals surface area contributed by atoms with Crippen LogP contribution in [0.2, 0.25) is 0 Å². The lowest BCUT2D eigenvalue weighted by Gasteiger charge is -2.13. The Balaban J connectivity index is 1.76. The van der Waals surface area contributed by atoms with Gasteiger partial charge in [-0.25, -0.2) is 13.8 Å². The standard InChI is InChI=1S/C23H20F2N2O/c1-15-16(2)27(13-17-7-3-5-9-20(17)24)22-19(15)11-12-26-23(22)28-14-18-8-4-6-10-21(18)25/h3-12H,13-14H2,1-2H3. The van der Waals surface area contributed by atoms with E-state index in [4.69, 9.17) is 4.74 Å². The molecule has 0 bridgehead atoms. The van der Waals surface area contributed by atoms with Crippen molar-refractivity contribution in [3.63, 3.8) is 0 Å². The van der Waals surface area contributed by atoms with Crippen molar-refractivity contribution < 1.29 is 13.5 Å². The van der Waals surface area contributed by atoms with E-state index in [9.17, 15) is 8.78 Å². The molecule has 0 aliphatic carbocycles. The summed E-state index contributed by atoms with van der Waals surface area (Å²) in [5.74, 6) is -0.156. The van der Waals surface area contributed by atoms with E-state index in [0.717, 1.165) is 22.2 Å². The number of benzene rings is 2. The number of hydrogen-bond acceptors (Lipinski definition) is 2. The highest BCUT2D eigenvalue weighted by Gasteiger charge is 2.18. The van der Waals surface area contributed by atoms with Gasteiger partial charge in [0.25, 0.3) is 0 Å². The first-order valence-electron chi connectivity index (χ1n) is 9.10. The van der Waals surface area contributed by atoms with Gasteiger partial charge in [-0.2, -0.15) is 0 Å². The third-order valence-electron chi connectivity index (χ3n) is 5.12. The fraction of sp³-hybridized carbons (Fsp3) is 0.174. The highest BCUT2D eigenvalue weighted by molar-refractivity contribution is 5.89. The molecule has 0 atom stereocenters. The van der Waals surface area contributed by atoms with Gasteiger partial charge in [0.05, 0.1) is 6.54 Å². The molecule has 4 aromatic rings. The molecule has 142 valence electrons. The van der Waals surface area contributed by atoms with E-state index in [0.29, 0.717) is 23.6 Å². The summed E-state index contributed by atoms with van der Waals surface area (Å²) in [6, 6.07) is 15.1. The molecule has 3 nitrogen and oxygen atoms in total. The van der Waals surface area contributed by atoms with Crippen LogP contribution in [0.3, 0.4) is 0 Å². The zero-order valence-electron chi connectivity index (χ0n) is 15.7. The van der Waals surface area contributed by atoms with Crippen LogP contribution < -0.4 is 4.74 Å². The summed E-state index contributed by atoms with van der Waals surface area (Å²) < 4.78 is 36.1. The van der Waals surface area contributed by atoms with Crippen molar-refractivity contribution in [2.75, 3.05) is 0 Å². The molecule has 4 rings (SSSR count). The van der Waals surface area contributed by atoms with Crippen molar-refractivity contribution in [3.8, 4) is 5.88 Å². The minimum atomic E-state index is -0.316. The molecule has 0 aliphatic heterocycles. The molecule has 28 heavy (non-hydrogen) atoms. The summed E-state index contributed by atoms with van der Waals surface area (Å²) in [6.07, 6.45) is 1.68. The number of fused-ring (bicyclic) bond motifs is 1. The SMILES string of the molecule is Cc1c(C)n(Cc2ccccc2F)c2c(OCc3ccccc3F)nccc12.